The van der Waals surface area contributed by atoms with Crippen LogP contribution < -0.4 is 11.3 Å². The molecule has 12 heteroatoms. The van der Waals surface area contributed by atoms with Gasteiger partial charge < -0.3 is 10.6 Å². The highest BCUT2D eigenvalue weighted by Crippen LogP contribution is 2.33. The zero-order valence-electron chi connectivity index (χ0n) is 20.4. The van der Waals surface area contributed by atoms with Gasteiger partial charge in [0.15, 0.2) is 0 Å². The van der Waals surface area contributed by atoms with Gasteiger partial charge in [0, 0.05) is 25.7 Å². The number of allylic oxidation sites excluding steroid dienone is 2. The number of dihydropyridines is 1. The second-order valence-electron chi connectivity index (χ2n) is 8.59. The van der Waals surface area contributed by atoms with E-state index in [1.807, 2.05) is 11.8 Å². The summed E-state index contributed by atoms with van der Waals surface area (Å²) in [7, 11) is 0. The summed E-state index contributed by atoms with van der Waals surface area (Å²) in [6.07, 6.45) is -0.138. The summed E-state index contributed by atoms with van der Waals surface area (Å²) in [4.78, 5) is 32.7. The molecule has 0 aliphatic carbocycles. The van der Waals surface area contributed by atoms with Crippen LogP contribution in [0.15, 0.2) is 55.3 Å². The number of guanidine groups is 1. The number of nitriles is 1. The van der Waals surface area contributed by atoms with Crippen LogP contribution in [0.4, 0.5) is 13.2 Å². The van der Waals surface area contributed by atoms with Crippen LogP contribution in [0.1, 0.15) is 44.5 Å². The van der Waals surface area contributed by atoms with E-state index in [-0.39, 0.29) is 30.3 Å². The SMILES string of the molecule is CCCN(Cc1nc2cccc(C(F)(F)F)c2c(=O)n1C1=CCCN=C1)C1=NC(N)=NC(C)=C(C#N)C1. The van der Waals surface area contributed by atoms with E-state index < -0.39 is 22.7 Å². The van der Waals surface area contributed by atoms with Gasteiger partial charge in [-0.3, -0.25) is 14.4 Å². The summed E-state index contributed by atoms with van der Waals surface area (Å²) >= 11 is 0. The largest absolute Gasteiger partial charge is 0.417 e. The number of aromatic nitrogens is 2. The Morgan fingerprint density at radius 2 is 2.05 bits per heavy atom. The minimum absolute atomic E-state index is 0.0142. The van der Waals surface area contributed by atoms with E-state index in [4.69, 9.17) is 5.73 Å². The standard InChI is InChI=1S/C25H25F3N8O/c1-3-10-35(20-11-16(12-29)15(2)32-24(30)34-20)14-21-33-19-8-4-7-18(25(26,27)28)22(19)23(37)36(21)17-6-5-9-31-13-17/h4,6-8,13H,3,5,9-11,14H2,1-2H3,(H2,30,32). The minimum Gasteiger partial charge on any atom is -0.368 e. The molecule has 0 spiro atoms. The molecule has 0 amide bonds. The number of alkyl halides is 3. The number of nitrogens with zero attached hydrogens (tertiary/aromatic N) is 7. The predicted octanol–water partition coefficient (Wildman–Crippen LogP) is 3.86. The van der Waals surface area contributed by atoms with Gasteiger partial charge in [-0.1, -0.05) is 19.1 Å². The first-order valence-corrected chi connectivity index (χ1v) is 11.7. The zero-order valence-corrected chi connectivity index (χ0v) is 20.4. The lowest BCUT2D eigenvalue weighted by Gasteiger charge is -2.27. The average Bonchev–Trinajstić information content (AvgIpc) is 3.00. The monoisotopic (exact) mass is 510 g/mol. The molecule has 2 aliphatic heterocycles. The Morgan fingerprint density at radius 3 is 2.70 bits per heavy atom. The molecule has 0 saturated carbocycles. The number of benzene rings is 1. The Morgan fingerprint density at radius 1 is 1.27 bits per heavy atom. The molecular weight excluding hydrogens is 485 g/mol. The second kappa shape index (κ2) is 10.4. The van der Waals surface area contributed by atoms with Crippen LogP contribution in [0.2, 0.25) is 0 Å². The van der Waals surface area contributed by atoms with Crippen molar-refractivity contribution in [2.45, 2.75) is 45.8 Å². The van der Waals surface area contributed by atoms with E-state index in [0.717, 1.165) is 6.07 Å². The van der Waals surface area contributed by atoms with Crippen LogP contribution in [-0.4, -0.2) is 45.6 Å². The number of hydrogen-bond donors (Lipinski definition) is 1. The molecule has 0 unspecified atom stereocenters. The van der Waals surface area contributed by atoms with Gasteiger partial charge in [0.05, 0.1) is 46.0 Å². The molecule has 1 aromatic heterocycles. The van der Waals surface area contributed by atoms with E-state index in [0.29, 0.717) is 48.7 Å². The summed E-state index contributed by atoms with van der Waals surface area (Å²) in [6.45, 7) is 4.63. The fourth-order valence-corrected chi connectivity index (χ4v) is 4.30. The molecule has 2 N–H and O–H groups in total. The number of nitrogens with two attached hydrogens (primary N) is 1. The van der Waals surface area contributed by atoms with Crippen LogP contribution in [0, 0.1) is 11.3 Å². The van der Waals surface area contributed by atoms with Crippen LogP contribution in [0.3, 0.4) is 0 Å². The molecule has 4 rings (SSSR count). The van der Waals surface area contributed by atoms with Gasteiger partial charge >= 0.3 is 6.18 Å². The number of fused-ring (bicyclic) bond motifs is 1. The highest BCUT2D eigenvalue weighted by molar-refractivity contribution is 6.03. The Hall–Kier alpha value is -4.27. The van der Waals surface area contributed by atoms with Gasteiger partial charge in [-0.25, -0.2) is 9.98 Å². The first-order chi connectivity index (χ1) is 17.6. The first kappa shape index (κ1) is 25.8. The van der Waals surface area contributed by atoms with E-state index in [1.54, 1.807) is 13.0 Å². The summed E-state index contributed by atoms with van der Waals surface area (Å²) in [6, 6.07) is 5.63. The number of rotatable bonds is 5. The first-order valence-electron chi connectivity index (χ1n) is 11.7. The van der Waals surface area contributed by atoms with Crippen LogP contribution >= 0.6 is 0 Å². The highest BCUT2D eigenvalue weighted by Gasteiger charge is 2.35. The third-order valence-corrected chi connectivity index (χ3v) is 5.99. The molecule has 0 saturated heterocycles. The molecule has 0 radical (unpaired) electrons. The number of amidine groups is 1. The normalized spacial score (nSPS) is 16.2. The van der Waals surface area contributed by atoms with Gasteiger partial charge in [-0.15, -0.1) is 0 Å². The molecule has 2 aliphatic rings. The maximum absolute atomic E-state index is 13.8. The van der Waals surface area contributed by atoms with Crippen molar-refractivity contribution >= 4 is 34.6 Å². The Bertz CT molecular complexity index is 1490. The van der Waals surface area contributed by atoms with Crippen molar-refractivity contribution in [3.63, 3.8) is 0 Å². The van der Waals surface area contributed by atoms with E-state index in [9.17, 15) is 23.2 Å². The quantitative estimate of drug-likeness (QED) is 0.654. The van der Waals surface area contributed by atoms with Gasteiger partial charge in [0.25, 0.3) is 5.56 Å². The molecule has 3 heterocycles. The smallest absolute Gasteiger partial charge is 0.368 e. The number of aliphatic imine (C=N–C) groups is 3. The van der Waals surface area contributed by atoms with Crippen molar-refractivity contribution < 1.29 is 13.2 Å². The van der Waals surface area contributed by atoms with Crippen LogP contribution in [0.25, 0.3) is 16.6 Å². The van der Waals surface area contributed by atoms with E-state index in [1.165, 1.54) is 22.9 Å². The average molecular weight is 511 g/mol. The molecule has 1 aromatic carbocycles. The summed E-state index contributed by atoms with van der Waals surface area (Å²) in [5.74, 6) is 0.652. The van der Waals surface area contributed by atoms with Crippen molar-refractivity contribution in [3.8, 4) is 6.07 Å². The lowest BCUT2D eigenvalue weighted by Crippen LogP contribution is -2.36. The fourth-order valence-electron chi connectivity index (χ4n) is 4.30. The topological polar surface area (TPSA) is 125 Å². The van der Waals surface area contributed by atoms with E-state index >= 15 is 0 Å². The lowest BCUT2D eigenvalue weighted by molar-refractivity contribution is -0.136. The molecule has 0 bridgehead atoms. The molecular formula is C25H25F3N8O. The maximum atomic E-state index is 13.8. The molecule has 9 nitrogen and oxygen atoms in total. The van der Waals surface area contributed by atoms with E-state index in [2.05, 4.69) is 26.0 Å². The summed E-state index contributed by atoms with van der Waals surface area (Å²) in [5.41, 5.74) is 5.21. The third-order valence-electron chi connectivity index (χ3n) is 5.99. The van der Waals surface area contributed by atoms with Gasteiger partial charge in [0.1, 0.15) is 11.7 Å². The highest BCUT2D eigenvalue weighted by atomic mass is 19.4. The molecule has 2 aromatic rings. The predicted molar refractivity (Wildman–Crippen MR) is 136 cm³/mol. The fraction of sp³-hybridized carbons (Fsp3) is 0.360. The Balaban J connectivity index is 1.91. The zero-order chi connectivity index (χ0) is 26.7. The molecule has 0 fully saturated rings. The lowest BCUT2D eigenvalue weighted by atomic mass is 10.1. The Labute approximate surface area is 210 Å². The molecule has 0 atom stereocenters. The Kier molecular flexibility index (Phi) is 7.24. The number of halogens is 3. The summed E-state index contributed by atoms with van der Waals surface area (Å²) in [5, 5.41) is 9.08. The third kappa shape index (κ3) is 5.30. The van der Waals surface area contributed by atoms with Crippen LogP contribution in [0.5, 0.6) is 0 Å². The van der Waals surface area contributed by atoms with Crippen molar-refractivity contribution in [2.24, 2.45) is 20.7 Å². The number of hydrogen-bond acceptors (Lipinski definition) is 8. The van der Waals surface area contributed by atoms with Crippen molar-refractivity contribution in [3.05, 3.63) is 57.3 Å². The summed E-state index contributed by atoms with van der Waals surface area (Å²) < 4.78 is 42.6. The second-order valence-corrected chi connectivity index (χ2v) is 8.59. The molecule has 192 valence electrons. The van der Waals surface area contributed by atoms with Crippen molar-refractivity contribution in [1.29, 1.82) is 5.26 Å². The molecule has 37 heavy (non-hydrogen) atoms. The maximum Gasteiger partial charge on any atom is 0.417 e. The van der Waals surface area contributed by atoms with Gasteiger partial charge in [-0.2, -0.15) is 23.4 Å². The van der Waals surface area contributed by atoms with Crippen molar-refractivity contribution in [2.75, 3.05) is 13.1 Å². The van der Waals surface area contributed by atoms with Crippen LogP contribution in [-0.2, 0) is 12.7 Å². The van der Waals surface area contributed by atoms with Gasteiger partial charge in [-0.05, 0) is 31.9 Å². The van der Waals surface area contributed by atoms with Crippen molar-refractivity contribution in [1.82, 2.24) is 14.5 Å². The minimum atomic E-state index is -4.73. The van der Waals surface area contributed by atoms with Gasteiger partial charge in [0.2, 0.25) is 5.96 Å².